The maximum Gasteiger partial charge on any atom is 0.639 e. The van der Waals surface area contributed by atoms with Crippen LogP contribution in [-0.4, -0.2) is 27.1 Å². The molecular formula is C21H45BO3. The van der Waals surface area contributed by atoms with E-state index in [4.69, 9.17) is 14.0 Å². The van der Waals surface area contributed by atoms with Crippen molar-refractivity contribution >= 4 is 7.32 Å². The number of rotatable bonds is 18. The lowest BCUT2D eigenvalue weighted by molar-refractivity contribution is 0.0539. The van der Waals surface area contributed by atoms with E-state index in [2.05, 4.69) is 41.5 Å². The Bertz CT molecular complexity index is 233. The molecule has 4 heteroatoms. The van der Waals surface area contributed by atoms with Crippen LogP contribution in [0.25, 0.3) is 0 Å². The monoisotopic (exact) mass is 356 g/mol. The molecule has 3 unspecified atom stereocenters. The Morgan fingerprint density at radius 2 is 0.800 bits per heavy atom. The first kappa shape index (κ1) is 24.9. The third kappa shape index (κ3) is 12.9. The van der Waals surface area contributed by atoms with Crippen molar-refractivity contribution in [1.29, 1.82) is 0 Å². The minimum atomic E-state index is -0.497. The molecule has 0 aliphatic carbocycles. The average molecular weight is 356 g/mol. The van der Waals surface area contributed by atoms with Crippen LogP contribution >= 0.6 is 0 Å². The summed E-state index contributed by atoms with van der Waals surface area (Å²) in [6, 6.07) is 0. The Balaban J connectivity index is 4.51. The molecule has 0 rings (SSSR count). The van der Waals surface area contributed by atoms with E-state index >= 15 is 0 Å². The van der Waals surface area contributed by atoms with E-state index in [-0.39, 0.29) is 0 Å². The van der Waals surface area contributed by atoms with Gasteiger partial charge in [0.25, 0.3) is 0 Å². The highest BCUT2D eigenvalue weighted by Crippen LogP contribution is 2.16. The molecule has 0 saturated carbocycles. The van der Waals surface area contributed by atoms with Gasteiger partial charge in [-0.05, 0) is 37.0 Å². The van der Waals surface area contributed by atoms with Gasteiger partial charge in [0.05, 0.1) is 0 Å². The summed E-state index contributed by atoms with van der Waals surface area (Å²) < 4.78 is 18.1. The summed E-state index contributed by atoms with van der Waals surface area (Å²) >= 11 is 0. The molecule has 0 spiro atoms. The third-order valence-corrected chi connectivity index (χ3v) is 5.23. The minimum Gasteiger partial charge on any atom is -0.386 e. The number of hydrogen-bond donors (Lipinski definition) is 0. The molecule has 25 heavy (non-hydrogen) atoms. The van der Waals surface area contributed by atoms with E-state index in [1.165, 1.54) is 38.5 Å². The van der Waals surface area contributed by atoms with Gasteiger partial charge in [-0.1, -0.05) is 80.1 Å². The van der Waals surface area contributed by atoms with Gasteiger partial charge in [0.1, 0.15) is 0 Å². The molecule has 0 fully saturated rings. The second-order valence-corrected chi connectivity index (χ2v) is 7.48. The summed E-state index contributed by atoms with van der Waals surface area (Å²) in [4.78, 5) is 0. The van der Waals surface area contributed by atoms with Gasteiger partial charge in [-0.3, -0.25) is 0 Å². The summed E-state index contributed by atoms with van der Waals surface area (Å²) in [6.45, 7) is 15.6. The number of hydrogen-bond acceptors (Lipinski definition) is 3. The minimum absolute atomic E-state index is 0.497. The zero-order chi connectivity index (χ0) is 18.9. The van der Waals surface area contributed by atoms with E-state index < -0.39 is 7.32 Å². The summed E-state index contributed by atoms with van der Waals surface area (Å²) in [5.41, 5.74) is 0. The van der Waals surface area contributed by atoms with Crippen molar-refractivity contribution < 1.29 is 14.0 Å². The van der Waals surface area contributed by atoms with Crippen LogP contribution in [0.5, 0.6) is 0 Å². The fourth-order valence-corrected chi connectivity index (χ4v) is 3.23. The lowest BCUT2D eigenvalue weighted by Gasteiger charge is -2.23. The van der Waals surface area contributed by atoms with Crippen LogP contribution in [0.3, 0.4) is 0 Å². The molecule has 0 aromatic heterocycles. The van der Waals surface area contributed by atoms with Crippen LogP contribution in [0.2, 0.25) is 0 Å². The predicted octanol–water partition coefficient (Wildman–Crippen LogP) is 6.50. The van der Waals surface area contributed by atoms with Crippen LogP contribution in [0.4, 0.5) is 0 Å². The van der Waals surface area contributed by atoms with Gasteiger partial charge in [-0.25, -0.2) is 0 Å². The Labute approximate surface area is 158 Å². The lowest BCUT2D eigenvalue weighted by Crippen LogP contribution is -2.33. The van der Waals surface area contributed by atoms with Crippen LogP contribution in [0.1, 0.15) is 99.3 Å². The molecule has 3 nitrogen and oxygen atoms in total. The molecule has 0 aliphatic heterocycles. The van der Waals surface area contributed by atoms with Crippen molar-refractivity contribution in [2.24, 2.45) is 17.8 Å². The molecule has 0 heterocycles. The first-order valence-electron chi connectivity index (χ1n) is 11.0. The van der Waals surface area contributed by atoms with Crippen LogP contribution < -0.4 is 0 Å². The predicted molar refractivity (Wildman–Crippen MR) is 110 cm³/mol. The topological polar surface area (TPSA) is 27.7 Å². The Kier molecular flexibility index (Phi) is 17.3. The maximum atomic E-state index is 6.05. The van der Waals surface area contributed by atoms with Crippen LogP contribution in [0.15, 0.2) is 0 Å². The highest BCUT2D eigenvalue weighted by Gasteiger charge is 2.25. The van der Waals surface area contributed by atoms with Gasteiger partial charge < -0.3 is 14.0 Å². The molecule has 0 radical (unpaired) electrons. The largest absolute Gasteiger partial charge is 0.639 e. The molecule has 150 valence electrons. The van der Waals surface area contributed by atoms with E-state index in [0.29, 0.717) is 17.8 Å². The molecule has 0 aromatic rings. The maximum absolute atomic E-state index is 6.05. The zero-order valence-electron chi connectivity index (χ0n) is 18.0. The normalized spacial score (nSPS) is 15.1. The molecule has 0 aromatic carbocycles. The summed E-state index contributed by atoms with van der Waals surface area (Å²) in [7, 11) is -0.497. The summed E-state index contributed by atoms with van der Waals surface area (Å²) in [6.07, 6.45) is 10.7. The Hall–Kier alpha value is -0.0551. The zero-order valence-corrected chi connectivity index (χ0v) is 18.0. The second-order valence-electron chi connectivity index (χ2n) is 7.48. The quantitative estimate of drug-likeness (QED) is 0.262. The smallest absolute Gasteiger partial charge is 0.386 e. The summed E-state index contributed by atoms with van der Waals surface area (Å²) in [5, 5.41) is 0. The summed E-state index contributed by atoms with van der Waals surface area (Å²) in [5.74, 6) is 1.82. The fourth-order valence-electron chi connectivity index (χ4n) is 3.23. The van der Waals surface area contributed by atoms with Crippen molar-refractivity contribution in [2.75, 3.05) is 19.8 Å². The van der Waals surface area contributed by atoms with Crippen LogP contribution in [-0.2, 0) is 14.0 Å². The molecule has 0 aliphatic rings. The molecule has 3 atom stereocenters. The standard InChI is InChI=1S/C21H45BO3/c1-7-13-19(10-4)16-23-22(24-17-20(11-5)14-8-2)25-18-21(12-6)15-9-3/h19-21H,7-18H2,1-6H3. The van der Waals surface area contributed by atoms with Gasteiger partial charge in [-0.15, -0.1) is 0 Å². The van der Waals surface area contributed by atoms with Crippen molar-refractivity contribution in [3.05, 3.63) is 0 Å². The SMILES string of the molecule is CCCC(CC)COB(OCC(CC)CCC)OCC(CC)CCC. The molecule has 0 amide bonds. The average Bonchev–Trinajstić information content (AvgIpc) is 2.63. The first-order valence-corrected chi connectivity index (χ1v) is 11.0. The van der Waals surface area contributed by atoms with Crippen molar-refractivity contribution in [1.82, 2.24) is 0 Å². The van der Waals surface area contributed by atoms with Crippen LogP contribution in [0, 0.1) is 17.8 Å². The highest BCUT2D eigenvalue weighted by atomic mass is 16.7. The third-order valence-electron chi connectivity index (χ3n) is 5.23. The molecule has 0 N–H and O–H groups in total. The van der Waals surface area contributed by atoms with Gasteiger partial charge in [-0.2, -0.15) is 0 Å². The van der Waals surface area contributed by atoms with Crippen molar-refractivity contribution in [3.63, 3.8) is 0 Å². The fraction of sp³-hybridized carbons (Fsp3) is 1.00. The van der Waals surface area contributed by atoms with Gasteiger partial charge in [0.2, 0.25) is 0 Å². The van der Waals surface area contributed by atoms with Crippen molar-refractivity contribution in [3.8, 4) is 0 Å². The Morgan fingerprint density at radius 3 is 1.00 bits per heavy atom. The van der Waals surface area contributed by atoms with E-state index in [1.54, 1.807) is 0 Å². The van der Waals surface area contributed by atoms with E-state index in [1.807, 2.05) is 0 Å². The molecule has 0 saturated heterocycles. The first-order chi connectivity index (χ1) is 12.1. The second kappa shape index (κ2) is 17.4. The van der Waals surface area contributed by atoms with Crippen molar-refractivity contribution in [2.45, 2.75) is 99.3 Å². The lowest BCUT2D eigenvalue weighted by atomic mass is 9.99. The highest BCUT2D eigenvalue weighted by molar-refractivity contribution is 6.36. The van der Waals surface area contributed by atoms with E-state index in [9.17, 15) is 0 Å². The Morgan fingerprint density at radius 1 is 0.520 bits per heavy atom. The van der Waals surface area contributed by atoms with Gasteiger partial charge in [0, 0.05) is 19.8 Å². The van der Waals surface area contributed by atoms with Gasteiger partial charge >= 0.3 is 7.32 Å². The van der Waals surface area contributed by atoms with E-state index in [0.717, 1.165) is 39.1 Å². The molecule has 0 bridgehead atoms. The molecular weight excluding hydrogens is 311 g/mol. The van der Waals surface area contributed by atoms with Gasteiger partial charge in [0.15, 0.2) is 0 Å².